The van der Waals surface area contributed by atoms with E-state index >= 15 is 0 Å². The lowest BCUT2D eigenvalue weighted by Crippen LogP contribution is -1.73. The number of aryl methyl sites for hydroxylation is 1. The molecule has 0 fully saturated rings. The van der Waals surface area contributed by atoms with Gasteiger partial charge in [-0.05, 0) is 18.6 Å². The second-order valence-corrected chi connectivity index (χ2v) is 2.03. The van der Waals surface area contributed by atoms with E-state index in [-0.39, 0.29) is 0 Å². The summed E-state index contributed by atoms with van der Waals surface area (Å²) in [6, 6.07) is 1.88. The molecule has 0 aromatic carbocycles. The quantitative estimate of drug-likeness (QED) is 0.564. The highest BCUT2D eigenvalue weighted by Gasteiger charge is 1.87. The zero-order chi connectivity index (χ0) is 7.98. The molecule has 1 heterocycles. The molecule has 10 heavy (non-hydrogen) atoms. The van der Waals surface area contributed by atoms with Gasteiger partial charge < -0.3 is 0 Å². The Morgan fingerprint density at radius 1 is 1.40 bits per heavy atom. The highest BCUT2D eigenvalue weighted by molar-refractivity contribution is 6.31. The van der Waals surface area contributed by atoms with Crippen molar-refractivity contribution in [1.82, 2.24) is 4.98 Å². The summed E-state index contributed by atoms with van der Waals surface area (Å²) < 4.78 is 0. The molecule has 0 atom stereocenters. The average molecular weight is 158 g/mol. The van der Waals surface area contributed by atoms with Crippen LogP contribution in [0.4, 0.5) is 0 Å². The molecule has 1 rings (SSSR count). The zero-order valence-corrected chi connectivity index (χ0v) is 7.31. The molecule has 0 aliphatic heterocycles. The Balaban J connectivity index is 0.000000371. The number of halogens is 1. The molecule has 1 aromatic rings. The maximum atomic E-state index is 5.65. The molecule has 56 valence electrons. The highest BCUT2D eigenvalue weighted by atomic mass is 35.5. The Bertz CT molecular complexity index is 165. The van der Waals surface area contributed by atoms with E-state index in [1.165, 1.54) is 0 Å². The van der Waals surface area contributed by atoms with Gasteiger partial charge >= 0.3 is 0 Å². The van der Waals surface area contributed by atoms with Crippen LogP contribution in [0.15, 0.2) is 18.5 Å². The summed E-state index contributed by atoms with van der Waals surface area (Å²) >= 11 is 5.65. The first-order valence-electron chi connectivity index (χ1n) is 3.37. The van der Waals surface area contributed by atoms with E-state index in [0.29, 0.717) is 0 Å². The summed E-state index contributed by atoms with van der Waals surface area (Å²) in [5.74, 6) is 0. The van der Waals surface area contributed by atoms with Gasteiger partial charge in [0.05, 0.1) is 5.02 Å². The molecule has 0 radical (unpaired) electrons. The Morgan fingerprint density at radius 3 is 2.30 bits per heavy atom. The maximum Gasteiger partial charge on any atom is 0.0618 e. The van der Waals surface area contributed by atoms with Crippen LogP contribution < -0.4 is 0 Å². The van der Waals surface area contributed by atoms with Crippen molar-refractivity contribution in [3.05, 3.63) is 29.0 Å². The fraction of sp³-hybridized carbons (Fsp3) is 0.375. The van der Waals surface area contributed by atoms with Crippen molar-refractivity contribution < 1.29 is 0 Å². The summed E-state index contributed by atoms with van der Waals surface area (Å²) in [5, 5.41) is 0.729. The van der Waals surface area contributed by atoms with Crippen molar-refractivity contribution in [2.24, 2.45) is 0 Å². The predicted octanol–water partition coefficient (Wildman–Crippen LogP) is 3.07. The Hall–Kier alpha value is -0.560. The monoisotopic (exact) mass is 157 g/mol. The Kier molecular flexibility index (Phi) is 4.95. The van der Waals surface area contributed by atoms with Gasteiger partial charge in [-0.2, -0.15) is 0 Å². The van der Waals surface area contributed by atoms with E-state index in [4.69, 9.17) is 11.6 Å². The summed E-state index contributed by atoms with van der Waals surface area (Å²) in [6.07, 6.45) is 3.36. The molecular weight excluding hydrogens is 146 g/mol. The zero-order valence-electron chi connectivity index (χ0n) is 6.56. The van der Waals surface area contributed by atoms with Gasteiger partial charge in [-0.15, -0.1) is 0 Å². The molecule has 0 spiro atoms. The fourth-order valence-corrected chi connectivity index (χ4v) is 0.564. The van der Waals surface area contributed by atoms with Gasteiger partial charge in [0.15, 0.2) is 0 Å². The molecule has 2 heteroatoms. The topological polar surface area (TPSA) is 12.9 Å². The van der Waals surface area contributed by atoms with Crippen molar-refractivity contribution in [2.75, 3.05) is 0 Å². The lowest BCUT2D eigenvalue weighted by Gasteiger charge is -1.90. The molecule has 0 saturated carbocycles. The second kappa shape index (κ2) is 5.24. The van der Waals surface area contributed by atoms with Crippen molar-refractivity contribution in [3.63, 3.8) is 0 Å². The third-order valence-electron chi connectivity index (χ3n) is 0.975. The van der Waals surface area contributed by atoms with E-state index in [0.717, 1.165) is 10.6 Å². The molecule has 0 aliphatic carbocycles. The standard InChI is InChI=1S/C6H6ClN.C2H6/c1-5-2-3-8-4-6(5)7;1-2/h2-4H,1H3;1-2H3. The number of rotatable bonds is 0. The fourth-order valence-electron chi connectivity index (χ4n) is 0.445. The number of nitrogens with zero attached hydrogens (tertiary/aromatic N) is 1. The van der Waals surface area contributed by atoms with Crippen LogP contribution in [0.5, 0.6) is 0 Å². The Labute approximate surface area is 67.1 Å². The third kappa shape index (κ3) is 2.83. The molecule has 1 nitrogen and oxygen atoms in total. The smallest absolute Gasteiger partial charge is 0.0618 e. The third-order valence-corrected chi connectivity index (χ3v) is 1.37. The minimum absolute atomic E-state index is 0.729. The van der Waals surface area contributed by atoms with Crippen LogP contribution in [0, 0.1) is 6.92 Å². The summed E-state index contributed by atoms with van der Waals surface area (Å²) in [7, 11) is 0. The van der Waals surface area contributed by atoms with E-state index in [1.54, 1.807) is 12.4 Å². The van der Waals surface area contributed by atoms with Gasteiger partial charge in [-0.25, -0.2) is 0 Å². The number of aromatic nitrogens is 1. The van der Waals surface area contributed by atoms with E-state index in [9.17, 15) is 0 Å². The summed E-state index contributed by atoms with van der Waals surface area (Å²) in [6.45, 7) is 5.95. The first kappa shape index (κ1) is 9.44. The van der Waals surface area contributed by atoms with Crippen LogP contribution in [0.1, 0.15) is 19.4 Å². The molecule has 0 unspecified atom stereocenters. The minimum atomic E-state index is 0.729. The van der Waals surface area contributed by atoms with Crippen LogP contribution in [0.3, 0.4) is 0 Å². The van der Waals surface area contributed by atoms with Crippen LogP contribution >= 0.6 is 11.6 Å². The van der Waals surface area contributed by atoms with Crippen molar-refractivity contribution >= 4 is 11.6 Å². The lowest BCUT2D eigenvalue weighted by atomic mass is 10.3. The number of pyridine rings is 1. The van der Waals surface area contributed by atoms with Crippen LogP contribution in [0.25, 0.3) is 0 Å². The summed E-state index contributed by atoms with van der Waals surface area (Å²) in [5.41, 5.74) is 1.07. The average Bonchev–Trinajstić information content (AvgIpc) is 2.00. The van der Waals surface area contributed by atoms with Gasteiger partial charge in [-0.1, -0.05) is 25.4 Å². The summed E-state index contributed by atoms with van der Waals surface area (Å²) in [4.78, 5) is 3.81. The second-order valence-electron chi connectivity index (χ2n) is 1.62. The van der Waals surface area contributed by atoms with E-state index < -0.39 is 0 Å². The Morgan fingerprint density at radius 2 is 2.00 bits per heavy atom. The van der Waals surface area contributed by atoms with Crippen LogP contribution in [-0.2, 0) is 0 Å². The number of hydrogen-bond donors (Lipinski definition) is 0. The van der Waals surface area contributed by atoms with E-state index in [1.807, 2.05) is 26.8 Å². The number of hydrogen-bond acceptors (Lipinski definition) is 1. The normalized spacial score (nSPS) is 8.00. The highest BCUT2D eigenvalue weighted by Crippen LogP contribution is 2.09. The van der Waals surface area contributed by atoms with Crippen LogP contribution in [-0.4, -0.2) is 4.98 Å². The van der Waals surface area contributed by atoms with Crippen molar-refractivity contribution in [2.45, 2.75) is 20.8 Å². The largest absolute Gasteiger partial charge is 0.263 e. The maximum absolute atomic E-state index is 5.65. The predicted molar refractivity (Wildman–Crippen MR) is 45.3 cm³/mol. The molecule has 0 aliphatic rings. The molecular formula is C8H12ClN. The van der Waals surface area contributed by atoms with Crippen LogP contribution in [0.2, 0.25) is 5.02 Å². The van der Waals surface area contributed by atoms with Gasteiger partial charge in [-0.3, -0.25) is 4.98 Å². The van der Waals surface area contributed by atoms with Gasteiger partial charge in [0.25, 0.3) is 0 Å². The first-order valence-corrected chi connectivity index (χ1v) is 3.74. The van der Waals surface area contributed by atoms with Gasteiger partial charge in [0.2, 0.25) is 0 Å². The van der Waals surface area contributed by atoms with Crippen molar-refractivity contribution in [3.8, 4) is 0 Å². The molecule has 0 amide bonds. The van der Waals surface area contributed by atoms with Gasteiger partial charge in [0, 0.05) is 12.4 Å². The molecule has 0 N–H and O–H groups in total. The SMILES string of the molecule is CC.Cc1ccncc1Cl. The molecule has 0 saturated heterocycles. The minimum Gasteiger partial charge on any atom is -0.263 e. The van der Waals surface area contributed by atoms with Crippen molar-refractivity contribution in [1.29, 1.82) is 0 Å². The lowest BCUT2D eigenvalue weighted by molar-refractivity contribution is 1.29. The molecule has 1 aromatic heterocycles. The first-order chi connectivity index (χ1) is 4.80. The van der Waals surface area contributed by atoms with E-state index in [2.05, 4.69) is 4.98 Å². The van der Waals surface area contributed by atoms with Gasteiger partial charge in [0.1, 0.15) is 0 Å². The molecule has 0 bridgehead atoms.